The van der Waals surface area contributed by atoms with Crippen molar-refractivity contribution in [3.05, 3.63) is 35.4 Å². The maximum absolute atomic E-state index is 5.94. The highest BCUT2D eigenvalue weighted by Gasteiger charge is 2.18. The fraction of sp³-hybridized carbons (Fsp3) is 0.455. The molecule has 1 aromatic rings. The molecule has 0 aromatic heterocycles. The van der Waals surface area contributed by atoms with Crippen molar-refractivity contribution in [2.45, 2.75) is 11.1 Å². The van der Waals surface area contributed by atoms with Crippen LogP contribution in [0.15, 0.2) is 24.3 Å². The second-order valence-corrected chi connectivity index (χ2v) is 5.99. The van der Waals surface area contributed by atoms with Gasteiger partial charge < -0.3 is 0 Å². The molecule has 0 N–H and O–H groups in total. The Morgan fingerprint density at radius 1 is 1.29 bits per heavy atom. The average molecular weight is 245 g/mol. The van der Waals surface area contributed by atoms with Gasteiger partial charge in [-0.25, -0.2) is 0 Å². The van der Waals surface area contributed by atoms with Gasteiger partial charge in [0.25, 0.3) is 0 Å². The van der Waals surface area contributed by atoms with E-state index in [9.17, 15) is 0 Å². The first-order chi connectivity index (χ1) is 6.92. The maximum Gasteiger partial charge on any atom is 0.0477 e. The number of rotatable bonds is 2. The number of alkyl halides is 1. The van der Waals surface area contributed by atoms with Crippen molar-refractivity contribution in [2.75, 3.05) is 17.3 Å². The molecule has 0 amide bonds. The van der Waals surface area contributed by atoms with Crippen molar-refractivity contribution >= 4 is 35.1 Å². The lowest BCUT2D eigenvalue weighted by Crippen LogP contribution is -2.08. The molecule has 1 aromatic carbocycles. The van der Waals surface area contributed by atoms with E-state index in [1.165, 1.54) is 28.4 Å². The standard InChI is InChI=1S/C11H13ClS2/c12-7-9-3-1-2-4-10(9)11-8-13-5-6-14-11/h1-4,11H,5-8H2. The van der Waals surface area contributed by atoms with Gasteiger partial charge in [-0.1, -0.05) is 24.3 Å². The summed E-state index contributed by atoms with van der Waals surface area (Å²) in [7, 11) is 0. The summed E-state index contributed by atoms with van der Waals surface area (Å²) in [6.45, 7) is 0. The number of benzene rings is 1. The lowest BCUT2D eigenvalue weighted by Gasteiger charge is -2.23. The van der Waals surface area contributed by atoms with E-state index in [0.29, 0.717) is 11.1 Å². The first kappa shape index (κ1) is 10.7. The summed E-state index contributed by atoms with van der Waals surface area (Å²) in [5.74, 6) is 4.44. The minimum atomic E-state index is 0.637. The third kappa shape index (κ3) is 2.41. The second kappa shape index (κ2) is 5.34. The Morgan fingerprint density at radius 3 is 2.86 bits per heavy atom. The second-order valence-electron chi connectivity index (χ2n) is 3.27. The predicted octanol–water partition coefficient (Wildman–Crippen LogP) is 3.95. The van der Waals surface area contributed by atoms with Gasteiger partial charge in [-0.15, -0.1) is 11.6 Å². The Hall–Kier alpha value is 0.210. The van der Waals surface area contributed by atoms with Crippen molar-refractivity contribution in [3.8, 4) is 0 Å². The topological polar surface area (TPSA) is 0 Å². The van der Waals surface area contributed by atoms with Crippen LogP contribution in [0.5, 0.6) is 0 Å². The number of hydrogen-bond acceptors (Lipinski definition) is 2. The molecule has 1 saturated heterocycles. The van der Waals surface area contributed by atoms with Crippen LogP contribution in [0.25, 0.3) is 0 Å². The number of halogens is 1. The molecule has 0 aliphatic carbocycles. The lowest BCUT2D eigenvalue weighted by molar-refractivity contribution is 1.07. The number of thioether (sulfide) groups is 2. The lowest BCUT2D eigenvalue weighted by atomic mass is 10.1. The van der Waals surface area contributed by atoms with Gasteiger partial charge in [-0.05, 0) is 11.1 Å². The molecule has 1 atom stereocenters. The van der Waals surface area contributed by atoms with E-state index in [0.717, 1.165) is 0 Å². The molecule has 0 nitrogen and oxygen atoms in total. The first-order valence-corrected chi connectivity index (χ1v) is 7.48. The molecule has 0 radical (unpaired) electrons. The van der Waals surface area contributed by atoms with Gasteiger partial charge in [0.15, 0.2) is 0 Å². The van der Waals surface area contributed by atoms with Gasteiger partial charge in [0.05, 0.1) is 0 Å². The van der Waals surface area contributed by atoms with Gasteiger partial charge in [0.1, 0.15) is 0 Å². The molecule has 0 spiro atoms. The van der Waals surface area contributed by atoms with Crippen LogP contribution in [-0.4, -0.2) is 17.3 Å². The smallest absolute Gasteiger partial charge is 0.0477 e. The minimum absolute atomic E-state index is 0.637. The Bertz CT molecular complexity index is 295. The summed E-state index contributed by atoms with van der Waals surface area (Å²) >= 11 is 10.1. The molecule has 0 saturated carbocycles. The monoisotopic (exact) mass is 244 g/mol. The van der Waals surface area contributed by atoms with Crippen LogP contribution in [0.3, 0.4) is 0 Å². The Balaban J connectivity index is 2.20. The average Bonchev–Trinajstić information content (AvgIpc) is 2.30. The quantitative estimate of drug-likeness (QED) is 0.723. The van der Waals surface area contributed by atoms with E-state index in [-0.39, 0.29) is 0 Å². The number of hydrogen-bond donors (Lipinski definition) is 0. The molecule has 76 valence electrons. The largest absolute Gasteiger partial charge is 0.160 e. The normalized spacial score (nSPS) is 22.2. The first-order valence-electron chi connectivity index (χ1n) is 4.75. The third-order valence-electron chi connectivity index (χ3n) is 2.36. The van der Waals surface area contributed by atoms with Crippen LogP contribution < -0.4 is 0 Å². The summed E-state index contributed by atoms with van der Waals surface area (Å²) in [6.07, 6.45) is 0. The molecular weight excluding hydrogens is 232 g/mol. The van der Waals surface area contributed by atoms with Crippen LogP contribution in [0.1, 0.15) is 16.4 Å². The Kier molecular flexibility index (Phi) is 4.09. The molecule has 0 bridgehead atoms. The van der Waals surface area contributed by atoms with Crippen LogP contribution in [0.2, 0.25) is 0 Å². The molecule has 1 unspecified atom stereocenters. The summed E-state index contributed by atoms with van der Waals surface area (Å²) in [4.78, 5) is 0. The fourth-order valence-electron chi connectivity index (χ4n) is 1.64. The van der Waals surface area contributed by atoms with Crippen molar-refractivity contribution < 1.29 is 0 Å². The van der Waals surface area contributed by atoms with Crippen molar-refractivity contribution in [3.63, 3.8) is 0 Å². The van der Waals surface area contributed by atoms with E-state index in [1.807, 2.05) is 0 Å². The predicted molar refractivity (Wildman–Crippen MR) is 68.5 cm³/mol. The van der Waals surface area contributed by atoms with Gasteiger partial charge in [-0.3, -0.25) is 0 Å². The summed E-state index contributed by atoms with van der Waals surface area (Å²) < 4.78 is 0. The van der Waals surface area contributed by atoms with Gasteiger partial charge in [-0.2, -0.15) is 23.5 Å². The summed E-state index contributed by atoms with van der Waals surface area (Å²) in [5.41, 5.74) is 2.74. The molecule has 14 heavy (non-hydrogen) atoms. The van der Waals surface area contributed by atoms with Crippen LogP contribution in [0, 0.1) is 0 Å². The maximum atomic E-state index is 5.94. The highest BCUT2D eigenvalue weighted by molar-refractivity contribution is 8.06. The van der Waals surface area contributed by atoms with E-state index in [4.69, 9.17) is 11.6 Å². The highest BCUT2D eigenvalue weighted by atomic mass is 35.5. The molecule has 1 fully saturated rings. The molecular formula is C11H13ClS2. The van der Waals surface area contributed by atoms with E-state index in [1.54, 1.807) is 0 Å². The van der Waals surface area contributed by atoms with Crippen molar-refractivity contribution in [2.24, 2.45) is 0 Å². The molecule has 3 heteroatoms. The van der Waals surface area contributed by atoms with E-state index < -0.39 is 0 Å². The molecule has 1 aliphatic heterocycles. The van der Waals surface area contributed by atoms with Crippen LogP contribution in [0.4, 0.5) is 0 Å². The van der Waals surface area contributed by atoms with Crippen LogP contribution >= 0.6 is 35.1 Å². The van der Waals surface area contributed by atoms with Gasteiger partial charge >= 0.3 is 0 Å². The van der Waals surface area contributed by atoms with E-state index >= 15 is 0 Å². The minimum Gasteiger partial charge on any atom is -0.160 e. The zero-order valence-corrected chi connectivity index (χ0v) is 10.3. The Morgan fingerprint density at radius 2 is 2.14 bits per heavy atom. The van der Waals surface area contributed by atoms with Crippen LogP contribution in [-0.2, 0) is 5.88 Å². The molecule has 2 rings (SSSR count). The van der Waals surface area contributed by atoms with E-state index in [2.05, 4.69) is 47.8 Å². The van der Waals surface area contributed by atoms with Gasteiger partial charge in [0.2, 0.25) is 0 Å². The zero-order chi connectivity index (χ0) is 9.80. The van der Waals surface area contributed by atoms with Crippen molar-refractivity contribution in [1.29, 1.82) is 0 Å². The molecule has 1 aliphatic rings. The highest BCUT2D eigenvalue weighted by Crippen LogP contribution is 2.38. The third-order valence-corrected chi connectivity index (χ3v) is 5.44. The fourth-order valence-corrected chi connectivity index (χ4v) is 4.66. The van der Waals surface area contributed by atoms with Crippen molar-refractivity contribution in [1.82, 2.24) is 0 Å². The molecule has 1 heterocycles. The Labute approximate surface area is 98.8 Å². The van der Waals surface area contributed by atoms with Gasteiger partial charge in [0, 0.05) is 28.4 Å². The SMILES string of the molecule is ClCc1ccccc1C1CSCCS1. The summed E-state index contributed by atoms with van der Waals surface area (Å²) in [6, 6.07) is 8.55. The zero-order valence-electron chi connectivity index (χ0n) is 7.91. The summed E-state index contributed by atoms with van der Waals surface area (Å²) in [5, 5.41) is 0.656.